The van der Waals surface area contributed by atoms with E-state index in [1.54, 1.807) is 30.3 Å². The smallest absolute Gasteiger partial charge is 0.250 e. The van der Waals surface area contributed by atoms with Crippen molar-refractivity contribution in [1.82, 2.24) is 4.98 Å². The lowest BCUT2D eigenvalue weighted by Gasteiger charge is -2.16. The van der Waals surface area contributed by atoms with Gasteiger partial charge in [0.05, 0.1) is 22.0 Å². The average molecular weight is 418 g/mol. The number of nitrogens with one attached hydrogen (secondary N) is 1. The predicted molar refractivity (Wildman–Crippen MR) is 109 cm³/mol. The zero-order valence-electron chi connectivity index (χ0n) is 15.1. The number of sulfonamides is 1. The van der Waals surface area contributed by atoms with Gasteiger partial charge in [-0.15, -0.1) is 0 Å². The first-order chi connectivity index (χ1) is 13.4. The minimum absolute atomic E-state index is 0.0925. The Morgan fingerprint density at radius 3 is 2.64 bits per heavy atom. The molecule has 0 atom stereocenters. The first-order valence-electron chi connectivity index (χ1n) is 9.05. The third kappa shape index (κ3) is 3.85. The minimum atomic E-state index is -3.20. The molecule has 0 bridgehead atoms. The molecular weight excluding hydrogens is 398 g/mol. The second kappa shape index (κ2) is 7.48. The predicted octanol–water partition coefficient (Wildman–Crippen LogP) is 2.85. The summed E-state index contributed by atoms with van der Waals surface area (Å²) < 4.78 is 25.3. The van der Waals surface area contributed by atoms with Crippen molar-refractivity contribution in [1.29, 1.82) is 0 Å². The molecule has 0 unspecified atom stereocenters. The Bertz CT molecular complexity index is 1060. The van der Waals surface area contributed by atoms with E-state index in [1.165, 1.54) is 21.7 Å². The Morgan fingerprint density at radius 2 is 1.96 bits per heavy atom. The van der Waals surface area contributed by atoms with Crippen molar-refractivity contribution in [3.63, 3.8) is 0 Å². The minimum Gasteiger partial charge on any atom is -0.298 e. The van der Waals surface area contributed by atoms with Crippen molar-refractivity contribution in [2.45, 2.75) is 25.7 Å². The lowest BCUT2D eigenvalue weighted by molar-refractivity contribution is -0.111. The molecule has 1 aromatic heterocycles. The maximum atomic E-state index is 12.1. The molecular formula is C19H19N3O4S2. The molecule has 2 heterocycles. The van der Waals surface area contributed by atoms with Gasteiger partial charge >= 0.3 is 0 Å². The van der Waals surface area contributed by atoms with Crippen LogP contribution in [0.4, 0.5) is 10.8 Å². The number of Topliss-reactive ketones (excluding diaryl/α,β-unsaturated/α-hetero) is 1. The number of rotatable bonds is 4. The molecule has 146 valence electrons. The van der Waals surface area contributed by atoms with Crippen molar-refractivity contribution in [2.24, 2.45) is 0 Å². The highest BCUT2D eigenvalue weighted by Gasteiger charge is 2.28. The summed E-state index contributed by atoms with van der Waals surface area (Å²) in [5.41, 5.74) is 2.19. The van der Waals surface area contributed by atoms with Crippen molar-refractivity contribution < 1.29 is 18.0 Å². The van der Waals surface area contributed by atoms with Crippen LogP contribution in [0.5, 0.6) is 0 Å². The Morgan fingerprint density at radius 1 is 1.18 bits per heavy atom. The fraction of sp³-hybridized carbons (Fsp3) is 0.316. The molecule has 1 aliphatic carbocycles. The third-order valence-electron chi connectivity index (χ3n) is 4.71. The van der Waals surface area contributed by atoms with Crippen LogP contribution in [0.3, 0.4) is 0 Å². The number of hydrogen-bond acceptors (Lipinski definition) is 6. The number of nitrogens with zero attached hydrogens (tertiary/aromatic N) is 2. The first kappa shape index (κ1) is 18.8. The van der Waals surface area contributed by atoms with E-state index in [1.807, 2.05) is 0 Å². The summed E-state index contributed by atoms with van der Waals surface area (Å²) in [5, 5.41) is 3.13. The van der Waals surface area contributed by atoms with E-state index in [9.17, 15) is 18.0 Å². The third-order valence-corrected chi connectivity index (χ3v) is 7.63. The number of aryl methyl sites for hydroxylation is 1. The summed E-state index contributed by atoms with van der Waals surface area (Å²) in [4.78, 5) is 29.0. The SMILES string of the molecule is O=C(/C=C/c1ccc(N2CCCS2(=O)=O)cc1)Nc1nc2c(s1)C(=O)CCC2. The second-order valence-electron chi connectivity index (χ2n) is 6.73. The number of fused-ring (bicyclic) bond motifs is 1. The molecule has 0 radical (unpaired) electrons. The van der Waals surface area contributed by atoms with Gasteiger partial charge in [0.25, 0.3) is 0 Å². The molecule has 7 nitrogen and oxygen atoms in total. The van der Waals surface area contributed by atoms with Gasteiger partial charge in [-0.1, -0.05) is 23.5 Å². The van der Waals surface area contributed by atoms with Gasteiger partial charge in [0.15, 0.2) is 10.9 Å². The van der Waals surface area contributed by atoms with E-state index < -0.39 is 10.0 Å². The van der Waals surface area contributed by atoms with Gasteiger partial charge in [0, 0.05) is 19.0 Å². The molecule has 1 fully saturated rings. The van der Waals surface area contributed by atoms with E-state index in [2.05, 4.69) is 10.3 Å². The zero-order valence-corrected chi connectivity index (χ0v) is 16.7. The standard InChI is InChI=1S/C19H19N3O4S2/c23-16-4-1-3-15-18(16)27-19(20-15)21-17(24)10-7-13-5-8-14(9-6-13)22-11-2-12-28(22,25)26/h5-10H,1-4,11-12H2,(H,20,21,24)/b10-7+. The number of carbonyl (C=O) groups is 2. The van der Waals surface area contributed by atoms with Gasteiger partial charge < -0.3 is 0 Å². The van der Waals surface area contributed by atoms with Gasteiger partial charge in [0.2, 0.25) is 15.9 Å². The number of amides is 1. The molecule has 0 spiro atoms. The summed E-state index contributed by atoms with van der Waals surface area (Å²) >= 11 is 1.22. The van der Waals surface area contributed by atoms with Crippen molar-refractivity contribution in [3.8, 4) is 0 Å². The quantitative estimate of drug-likeness (QED) is 0.772. The highest BCUT2D eigenvalue weighted by molar-refractivity contribution is 7.93. The van der Waals surface area contributed by atoms with Crippen LogP contribution >= 0.6 is 11.3 Å². The Labute approximate surface area is 167 Å². The fourth-order valence-corrected chi connectivity index (χ4v) is 5.87. The second-order valence-corrected chi connectivity index (χ2v) is 9.74. The lowest BCUT2D eigenvalue weighted by Crippen LogP contribution is -2.24. The molecule has 2 aliphatic rings. The fourth-order valence-electron chi connectivity index (χ4n) is 3.32. The first-order valence-corrected chi connectivity index (χ1v) is 11.5. The summed E-state index contributed by atoms with van der Waals surface area (Å²) in [7, 11) is -3.20. The molecule has 28 heavy (non-hydrogen) atoms. The van der Waals surface area contributed by atoms with Gasteiger partial charge in [-0.05, 0) is 43.0 Å². The van der Waals surface area contributed by atoms with Gasteiger partial charge in [-0.2, -0.15) is 0 Å². The number of thiazole rings is 1. The van der Waals surface area contributed by atoms with Crippen LogP contribution in [0.1, 0.15) is 40.2 Å². The van der Waals surface area contributed by atoms with Crippen LogP contribution in [0.2, 0.25) is 0 Å². The van der Waals surface area contributed by atoms with Crippen LogP contribution in [0, 0.1) is 0 Å². The van der Waals surface area contributed by atoms with E-state index in [0.717, 1.165) is 24.1 Å². The summed E-state index contributed by atoms with van der Waals surface area (Å²) in [5.74, 6) is -0.0553. The molecule has 0 saturated carbocycles. The lowest BCUT2D eigenvalue weighted by atomic mass is 10.0. The molecule has 1 aliphatic heterocycles. The summed E-state index contributed by atoms with van der Waals surface area (Å²) in [6, 6.07) is 7.02. The van der Waals surface area contributed by atoms with Crippen molar-refractivity contribution in [2.75, 3.05) is 21.9 Å². The molecule has 1 amide bonds. The van der Waals surface area contributed by atoms with E-state index in [0.29, 0.717) is 35.1 Å². The van der Waals surface area contributed by atoms with Crippen LogP contribution in [-0.4, -0.2) is 37.4 Å². The Kier molecular flexibility index (Phi) is 5.03. The Hall–Kier alpha value is -2.52. The maximum absolute atomic E-state index is 12.1. The highest BCUT2D eigenvalue weighted by atomic mass is 32.2. The summed E-state index contributed by atoms with van der Waals surface area (Å²) in [6.07, 6.45) is 5.78. The molecule has 2 aromatic rings. The number of benzene rings is 1. The molecule has 1 N–H and O–H groups in total. The number of aromatic nitrogens is 1. The van der Waals surface area contributed by atoms with Gasteiger partial charge in [-0.25, -0.2) is 13.4 Å². The molecule has 1 saturated heterocycles. The number of carbonyl (C=O) groups excluding carboxylic acids is 2. The molecule has 9 heteroatoms. The number of ketones is 1. The van der Waals surface area contributed by atoms with Gasteiger partial charge in [-0.3, -0.25) is 19.2 Å². The average Bonchev–Trinajstić information content (AvgIpc) is 3.23. The summed E-state index contributed by atoms with van der Waals surface area (Å²) in [6.45, 7) is 0.500. The Balaban J connectivity index is 1.40. The van der Waals surface area contributed by atoms with Crippen molar-refractivity contribution >= 4 is 49.9 Å². The zero-order chi connectivity index (χ0) is 19.7. The van der Waals surface area contributed by atoms with Crippen LogP contribution in [-0.2, 0) is 21.2 Å². The highest BCUT2D eigenvalue weighted by Crippen LogP contribution is 2.29. The van der Waals surface area contributed by atoms with E-state index in [4.69, 9.17) is 0 Å². The largest absolute Gasteiger partial charge is 0.298 e. The topological polar surface area (TPSA) is 96.4 Å². The van der Waals surface area contributed by atoms with Crippen LogP contribution in [0.15, 0.2) is 30.3 Å². The maximum Gasteiger partial charge on any atom is 0.250 e. The number of anilines is 2. The van der Waals surface area contributed by atoms with Gasteiger partial charge in [0.1, 0.15) is 0 Å². The molecule has 4 rings (SSSR count). The normalized spacial score (nSPS) is 18.4. The number of hydrogen-bond donors (Lipinski definition) is 1. The monoisotopic (exact) mass is 417 g/mol. The van der Waals surface area contributed by atoms with E-state index in [-0.39, 0.29) is 17.4 Å². The van der Waals surface area contributed by atoms with Crippen LogP contribution < -0.4 is 9.62 Å². The van der Waals surface area contributed by atoms with Crippen LogP contribution in [0.25, 0.3) is 6.08 Å². The van der Waals surface area contributed by atoms with E-state index >= 15 is 0 Å². The molecule has 1 aromatic carbocycles. The van der Waals surface area contributed by atoms with Crippen molar-refractivity contribution in [3.05, 3.63) is 46.5 Å².